The number of sulfonamides is 1. The van der Waals surface area contributed by atoms with E-state index in [-0.39, 0.29) is 12.1 Å². The topological polar surface area (TPSA) is 66.5 Å². The molecule has 0 heterocycles. The second-order valence-corrected chi connectivity index (χ2v) is 8.07. The molecule has 26 heavy (non-hydrogen) atoms. The molecule has 0 aliphatic carbocycles. The Hall–Kier alpha value is -2.41. The lowest BCUT2D eigenvalue weighted by atomic mass is 10.1. The molecule has 0 fully saturated rings. The molecule has 7 heteroatoms. The molecule has 1 atom stereocenters. The van der Waals surface area contributed by atoms with Crippen molar-refractivity contribution in [2.24, 2.45) is 0 Å². The lowest BCUT2D eigenvalue weighted by Crippen LogP contribution is -2.47. The maximum Gasteiger partial charge on any atom is 0.248 e. The number of carbonyl (C=O) groups is 1. The summed E-state index contributed by atoms with van der Waals surface area (Å²) in [6.45, 7) is 5.48. The van der Waals surface area contributed by atoms with Gasteiger partial charge in [0.1, 0.15) is 11.9 Å². The Morgan fingerprint density at radius 3 is 2.12 bits per heavy atom. The highest BCUT2D eigenvalue weighted by Gasteiger charge is 2.31. The van der Waals surface area contributed by atoms with E-state index in [9.17, 15) is 17.6 Å². The zero-order valence-corrected chi connectivity index (χ0v) is 16.1. The van der Waals surface area contributed by atoms with Crippen LogP contribution in [0.2, 0.25) is 0 Å². The van der Waals surface area contributed by atoms with Crippen molar-refractivity contribution in [3.63, 3.8) is 0 Å². The summed E-state index contributed by atoms with van der Waals surface area (Å²) in [6.07, 6.45) is 1.30. The molecule has 0 aliphatic heterocycles. The predicted octanol–water partition coefficient (Wildman–Crippen LogP) is 3.63. The molecule has 0 aliphatic rings. The molecule has 0 radical (unpaired) electrons. The Bertz CT molecular complexity index is 875. The molecule has 0 bridgehead atoms. The van der Waals surface area contributed by atoms with Gasteiger partial charge < -0.3 is 5.32 Å². The third-order valence-corrected chi connectivity index (χ3v) is 5.32. The predicted molar refractivity (Wildman–Crippen MR) is 102 cm³/mol. The highest BCUT2D eigenvalue weighted by molar-refractivity contribution is 7.92. The molecule has 0 saturated heterocycles. The summed E-state index contributed by atoms with van der Waals surface area (Å²) >= 11 is 0. The Morgan fingerprint density at radius 1 is 1.12 bits per heavy atom. The minimum atomic E-state index is -3.75. The van der Waals surface area contributed by atoms with Crippen molar-refractivity contribution in [1.82, 2.24) is 0 Å². The molecule has 1 N–H and O–H groups in total. The van der Waals surface area contributed by atoms with Crippen LogP contribution in [0.1, 0.15) is 24.5 Å². The number of nitrogens with one attached hydrogen (secondary N) is 1. The smallest absolute Gasteiger partial charge is 0.248 e. The molecule has 5 nitrogen and oxygen atoms in total. The number of rotatable bonds is 6. The quantitative estimate of drug-likeness (QED) is 0.835. The van der Waals surface area contributed by atoms with Gasteiger partial charge in [0.15, 0.2) is 0 Å². The van der Waals surface area contributed by atoms with E-state index in [0.717, 1.165) is 21.7 Å². The first kappa shape index (κ1) is 19.9. The largest absolute Gasteiger partial charge is 0.324 e. The molecule has 0 spiro atoms. The maximum atomic E-state index is 13.2. The van der Waals surface area contributed by atoms with Gasteiger partial charge >= 0.3 is 0 Å². The molecular formula is C19H23FN2O3S. The standard InChI is InChI=1S/C19H23FN2O3S/c1-5-17(19(23)21-18-13(2)7-6-8-14(18)3)22(26(4,24)25)16-11-9-15(20)10-12-16/h6-12,17H,5H2,1-4H3,(H,21,23)/t17-/m1/s1. The van der Waals surface area contributed by atoms with E-state index >= 15 is 0 Å². The van der Waals surface area contributed by atoms with Crippen LogP contribution in [-0.2, 0) is 14.8 Å². The number of amides is 1. The fourth-order valence-electron chi connectivity index (χ4n) is 2.87. The van der Waals surface area contributed by atoms with E-state index in [0.29, 0.717) is 5.69 Å². The van der Waals surface area contributed by atoms with Gasteiger partial charge in [0.25, 0.3) is 0 Å². The first-order valence-corrected chi connectivity index (χ1v) is 10.1. The number of para-hydroxylation sites is 1. The number of anilines is 2. The van der Waals surface area contributed by atoms with Crippen molar-refractivity contribution in [3.8, 4) is 0 Å². The molecule has 0 saturated carbocycles. The van der Waals surface area contributed by atoms with E-state index in [1.165, 1.54) is 24.3 Å². The summed E-state index contributed by atoms with van der Waals surface area (Å²) in [7, 11) is -3.75. The normalized spacial score (nSPS) is 12.5. The van der Waals surface area contributed by atoms with Crippen molar-refractivity contribution in [3.05, 3.63) is 59.4 Å². The van der Waals surface area contributed by atoms with E-state index < -0.39 is 27.8 Å². The summed E-state index contributed by atoms with van der Waals surface area (Å²) in [5, 5.41) is 2.84. The fraction of sp³-hybridized carbons (Fsp3) is 0.316. The van der Waals surface area contributed by atoms with Gasteiger partial charge in [0, 0.05) is 5.69 Å². The van der Waals surface area contributed by atoms with E-state index in [4.69, 9.17) is 0 Å². The lowest BCUT2D eigenvalue weighted by molar-refractivity contribution is -0.117. The highest BCUT2D eigenvalue weighted by Crippen LogP contribution is 2.25. The van der Waals surface area contributed by atoms with Crippen LogP contribution in [0.5, 0.6) is 0 Å². The zero-order chi connectivity index (χ0) is 19.5. The maximum absolute atomic E-state index is 13.2. The number of benzene rings is 2. The van der Waals surface area contributed by atoms with Crippen LogP contribution in [0.25, 0.3) is 0 Å². The van der Waals surface area contributed by atoms with Gasteiger partial charge in [-0.05, 0) is 55.7 Å². The summed E-state index contributed by atoms with van der Waals surface area (Å²) in [5.74, 6) is -0.908. The van der Waals surface area contributed by atoms with Gasteiger partial charge in [0.2, 0.25) is 15.9 Å². The van der Waals surface area contributed by atoms with Gasteiger partial charge in [-0.15, -0.1) is 0 Å². The van der Waals surface area contributed by atoms with Crippen molar-refractivity contribution in [1.29, 1.82) is 0 Å². The van der Waals surface area contributed by atoms with Gasteiger partial charge in [-0.3, -0.25) is 9.10 Å². The molecular weight excluding hydrogens is 355 g/mol. The van der Waals surface area contributed by atoms with Crippen molar-refractivity contribution < 1.29 is 17.6 Å². The summed E-state index contributed by atoms with van der Waals surface area (Å²) in [6, 6.07) is 9.73. The van der Waals surface area contributed by atoms with Gasteiger partial charge in [-0.25, -0.2) is 12.8 Å². The second-order valence-electron chi connectivity index (χ2n) is 6.22. The van der Waals surface area contributed by atoms with Crippen LogP contribution >= 0.6 is 0 Å². The molecule has 0 aromatic heterocycles. The highest BCUT2D eigenvalue weighted by atomic mass is 32.2. The number of halogens is 1. The van der Waals surface area contributed by atoms with Gasteiger partial charge in [0.05, 0.1) is 11.9 Å². The van der Waals surface area contributed by atoms with E-state index in [1.807, 2.05) is 32.0 Å². The van der Waals surface area contributed by atoms with Crippen molar-refractivity contribution in [2.45, 2.75) is 33.2 Å². The van der Waals surface area contributed by atoms with Gasteiger partial charge in [-0.1, -0.05) is 25.1 Å². The Kier molecular flexibility index (Phi) is 6.02. The average Bonchev–Trinajstić information content (AvgIpc) is 2.56. The third kappa shape index (κ3) is 4.40. The first-order valence-electron chi connectivity index (χ1n) is 8.27. The molecule has 0 unspecified atom stereocenters. The van der Waals surface area contributed by atoms with Crippen LogP contribution in [0, 0.1) is 19.7 Å². The first-order chi connectivity index (χ1) is 12.1. The lowest BCUT2D eigenvalue weighted by Gasteiger charge is -2.30. The van der Waals surface area contributed by atoms with Crippen LogP contribution < -0.4 is 9.62 Å². The minimum absolute atomic E-state index is 0.248. The Balaban J connectivity index is 2.41. The summed E-state index contributed by atoms with van der Waals surface area (Å²) < 4.78 is 39.0. The molecule has 1 amide bonds. The molecule has 140 valence electrons. The van der Waals surface area contributed by atoms with Crippen LogP contribution in [0.15, 0.2) is 42.5 Å². The molecule has 2 rings (SSSR count). The number of hydrogen-bond acceptors (Lipinski definition) is 3. The van der Waals surface area contributed by atoms with Gasteiger partial charge in [-0.2, -0.15) is 0 Å². The Labute approximate surface area is 153 Å². The number of aryl methyl sites for hydroxylation is 2. The van der Waals surface area contributed by atoms with Crippen molar-refractivity contribution >= 4 is 27.3 Å². The summed E-state index contributed by atoms with van der Waals surface area (Å²) in [4.78, 5) is 12.9. The second kappa shape index (κ2) is 7.86. The Morgan fingerprint density at radius 2 is 1.65 bits per heavy atom. The molecule has 2 aromatic rings. The number of nitrogens with zero attached hydrogens (tertiary/aromatic N) is 1. The van der Waals surface area contributed by atoms with Crippen molar-refractivity contribution in [2.75, 3.05) is 15.9 Å². The van der Waals surface area contributed by atoms with Crippen LogP contribution in [0.3, 0.4) is 0 Å². The fourth-order valence-corrected chi connectivity index (χ4v) is 4.08. The monoisotopic (exact) mass is 378 g/mol. The van der Waals surface area contributed by atoms with E-state index in [1.54, 1.807) is 6.92 Å². The van der Waals surface area contributed by atoms with E-state index in [2.05, 4.69) is 5.32 Å². The van der Waals surface area contributed by atoms with Crippen LogP contribution in [0.4, 0.5) is 15.8 Å². The average molecular weight is 378 g/mol. The third-order valence-electron chi connectivity index (χ3n) is 4.14. The number of hydrogen-bond donors (Lipinski definition) is 1. The SMILES string of the molecule is CC[C@H](C(=O)Nc1c(C)cccc1C)N(c1ccc(F)cc1)S(C)(=O)=O. The number of carbonyl (C=O) groups excluding carboxylic acids is 1. The summed E-state index contributed by atoms with van der Waals surface area (Å²) in [5.41, 5.74) is 2.70. The minimum Gasteiger partial charge on any atom is -0.324 e. The zero-order valence-electron chi connectivity index (χ0n) is 15.3. The molecule has 2 aromatic carbocycles. The van der Waals surface area contributed by atoms with Crippen LogP contribution in [-0.4, -0.2) is 26.6 Å².